The van der Waals surface area contributed by atoms with E-state index in [0.29, 0.717) is 17.2 Å². The van der Waals surface area contributed by atoms with E-state index in [4.69, 9.17) is 9.47 Å². The van der Waals surface area contributed by atoms with Crippen LogP contribution >= 0.6 is 11.8 Å². The van der Waals surface area contributed by atoms with E-state index in [1.165, 1.54) is 11.8 Å². The van der Waals surface area contributed by atoms with E-state index < -0.39 is 0 Å². The van der Waals surface area contributed by atoms with Crippen molar-refractivity contribution in [2.45, 2.75) is 17.7 Å². The molecule has 1 aliphatic rings. The number of hydrogen-bond donors (Lipinski definition) is 2. The van der Waals surface area contributed by atoms with Crippen LogP contribution < -0.4 is 20.1 Å². The molecule has 0 aromatic heterocycles. The highest BCUT2D eigenvalue weighted by Crippen LogP contribution is 2.31. The summed E-state index contributed by atoms with van der Waals surface area (Å²) >= 11 is 1.42. The van der Waals surface area contributed by atoms with E-state index in [1.54, 1.807) is 32.4 Å². The Morgan fingerprint density at radius 3 is 2.41 bits per heavy atom. The SMILES string of the molecule is COc1ccc(OC)c(NC(=O)CSc2ccc(NC(=O)C3CC3)cc2)c1. The molecule has 1 aliphatic carbocycles. The van der Waals surface area contributed by atoms with Gasteiger partial charge in [-0.2, -0.15) is 0 Å². The molecule has 6 nitrogen and oxygen atoms in total. The number of nitrogens with one attached hydrogen (secondary N) is 2. The van der Waals surface area contributed by atoms with Crippen LogP contribution in [0.15, 0.2) is 47.4 Å². The highest BCUT2D eigenvalue weighted by Gasteiger charge is 2.29. The first kappa shape index (κ1) is 19.1. The lowest BCUT2D eigenvalue weighted by atomic mass is 10.2. The van der Waals surface area contributed by atoms with E-state index in [-0.39, 0.29) is 23.5 Å². The van der Waals surface area contributed by atoms with Gasteiger partial charge in [0.15, 0.2) is 0 Å². The minimum Gasteiger partial charge on any atom is -0.497 e. The highest BCUT2D eigenvalue weighted by atomic mass is 32.2. The minimum atomic E-state index is -0.141. The van der Waals surface area contributed by atoms with Gasteiger partial charge in [-0.25, -0.2) is 0 Å². The fraction of sp³-hybridized carbons (Fsp3) is 0.300. The molecule has 2 N–H and O–H groups in total. The Hall–Kier alpha value is -2.67. The molecule has 0 aliphatic heterocycles. The van der Waals surface area contributed by atoms with Crippen molar-refractivity contribution in [2.75, 3.05) is 30.6 Å². The average Bonchev–Trinajstić information content (AvgIpc) is 3.53. The van der Waals surface area contributed by atoms with Crippen LogP contribution in [0.25, 0.3) is 0 Å². The second kappa shape index (κ2) is 8.81. The molecule has 0 heterocycles. The Balaban J connectivity index is 1.52. The van der Waals surface area contributed by atoms with Crippen molar-refractivity contribution < 1.29 is 19.1 Å². The molecule has 0 spiro atoms. The lowest BCUT2D eigenvalue weighted by molar-refractivity contribution is -0.117. The van der Waals surface area contributed by atoms with Crippen LogP contribution in [0.5, 0.6) is 11.5 Å². The topological polar surface area (TPSA) is 76.7 Å². The number of carbonyl (C=O) groups excluding carboxylic acids is 2. The standard InChI is InChI=1S/C20H22N2O4S/c1-25-15-7-10-18(26-2)17(11-15)22-19(23)12-27-16-8-5-14(6-9-16)21-20(24)13-3-4-13/h5-11,13H,3-4,12H2,1-2H3,(H,21,24)(H,22,23). The van der Waals surface area contributed by atoms with E-state index >= 15 is 0 Å². The largest absolute Gasteiger partial charge is 0.497 e. The summed E-state index contributed by atoms with van der Waals surface area (Å²) in [7, 11) is 3.12. The Morgan fingerprint density at radius 1 is 1.04 bits per heavy atom. The van der Waals surface area contributed by atoms with Gasteiger partial charge >= 0.3 is 0 Å². The van der Waals surface area contributed by atoms with Crippen molar-refractivity contribution in [2.24, 2.45) is 5.92 Å². The van der Waals surface area contributed by atoms with Crippen LogP contribution in [0.3, 0.4) is 0 Å². The fourth-order valence-electron chi connectivity index (χ4n) is 2.47. The van der Waals surface area contributed by atoms with Crippen molar-refractivity contribution in [3.05, 3.63) is 42.5 Å². The molecule has 2 aromatic rings. The number of thioether (sulfide) groups is 1. The third-order valence-corrected chi connectivity index (χ3v) is 5.13. The zero-order chi connectivity index (χ0) is 19.2. The van der Waals surface area contributed by atoms with Crippen LogP contribution in [-0.4, -0.2) is 31.8 Å². The van der Waals surface area contributed by atoms with E-state index in [0.717, 1.165) is 23.4 Å². The van der Waals surface area contributed by atoms with Crippen LogP contribution in [0.1, 0.15) is 12.8 Å². The molecule has 7 heteroatoms. The van der Waals surface area contributed by atoms with Gasteiger partial charge in [0.05, 0.1) is 25.7 Å². The summed E-state index contributed by atoms with van der Waals surface area (Å²) in [5.41, 5.74) is 1.35. The Kier molecular flexibility index (Phi) is 6.24. The maximum Gasteiger partial charge on any atom is 0.234 e. The number of amides is 2. The smallest absolute Gasteiger partial charge is 0.234 e. The summed E-state index contributed by atoms with van der Waals surface area (Å²) < 4.78 is 10.4. The first-order chi connectivity index (χ1) is 13.1. The van der Waals surface area contributed by atoms with Crippen molar-refractivity contribution in [1.82, 2.24) is 0 Å². The van der Waals surface area contributed by atoms with Crippen molar-refractivity contribution in [3.8, 4) is 11.5 Å². The van der Waals surface area contributed by atoms with E-state index in [9.17, 15) is 9.59 Å². The summed E-state index contributed by atoms with van der Waals surface area (Å²) in [6, 6.07) is 12.7. The number of methoxy groups -OCH3 is 2. The van der Waals surface area contributed by atoms with Crippen molar-refractivity contribution >= 4 is 35.0 Å². The van der Waals surface area contributed by atoms with Crippen molar-refractivity contribution in [3.63, 3.8) is 0 Å². The molecule has 1 fully saturated rings. The maximum atomic E-state index is 12.3. The average molecular weight is 386 g/mol. The number of rotatable bonds is 8. The molecule has 3 rings (SSSR count). The molecule has 27 heavy (non-hydrogen) atoms. The van der Waals surface area contributed by atoms with Crippen LogP contribution in [0.2, 0.25) is 0 Å². The van der Waals surface area contributed by atoms with E-state index in [2.05, 4.69) is 10.6 Å². The molecule has 142 valence electrons. The lowest BCUT2D eigenvalue weighted by Gasteiger charge is -2.11. The third kappa shape index (κ3) is 5.40. The summed E-state index contributed by atoms with van der Waals surface area (Å²) in [4.78, 5) is 25.0. The van der Waals surface area contributed by atoms with Crippen molar-refractivity contribution in [1.29, 1.82) is 0 Å². The maximum absolute atomic E-state index is 12.3. The van der Waals surface area contributed by atoms with Gasteiger partial charge in [-0.3, -0.25) is 9.59 Å². The van der Waals surface area contributed by atoms with Gasteiger partial charge in [0.25, 0.3) is 0 Å². The van der Waals surface area contributed by atoms with Gasteiger partial charge in [0, 0.05) is 22.6 Å². The summed E-state index contributed by atoms with van der Waals surface area (Å²) in [5.74, 6) is 1.59. The van der Waals surface area contributed by atoms with Gasteiger partial charge in [0.1, 0.15) is 11.5 Å². The zero-order valence-electron chi connectivity index (χ0n) is 15.3. The molecule has 0 saturated heterocycles. The summed E-state index contributed by atoms with van der Waals surface area (Å²) in [6.07, 6.45) is 1.96. The molecule has 0 unspecified atom stereocenters. The number of anilines is 2. The van der Waals surface area contributed by atoms with Gasteiger partial charge in [-0.15, -0.1) is 11.8 Å². The molecule has 1 saturated carbocycles. The predicted octanol–water partition coefficient (Wildman–Crippen LogP) is 3.78. The monoisotopic (exact) mass is 386 g/mol. The Bertz CT molecular complexity index is 819. The minimum absolute atomic E-state index is 0.0852. The third-order valence-electron chi connectivity index (χ3n) is 4.12. The molecular weight excluding hydrogens is 364 g/mol. The number of hydrogen-bond acceptors (Lipinski definition) is 5. The molecule has 0 atom stereocenters. The molecule has 2 aromatic carbocycles. The normalized spacial score (nSPS) is 13.0. The molecule has 0 radical (unpaired) electrons. The van der Waals surface area contributed by atoms with Gasteiger partial charge in [-0.05, 0) is 49.2 Å². The van der Waals surface area contributed by atoms with Gasteiger partial charge < -0.3 is 20.1 Å². The Morgan fingerprint density at radius 2 is 1.78 bits per heavy atom. The molecular formula is C20H22N2O4S. The van der Waals surface area contributed by atoms with Gasteiger partial charge in [0.2, 0.25) is 11.8 Å². The summed E-state index contributed by atoms with van der Waals surface area (Å²) in [6.45, 7) is 0. The Labute approximate surface area is 162 Å². The lowest BCUT2D eigenvalue weighted by Crippen LogP contribution is -2.15. The van der Waals surface area contributed by atoms with Crippen LogP contribution in [0.4, 0.5) is 11.4 Å². The number of ether oxygens (including phenoxy) is 2. The second-order valence-corrected chi connectivity index (χ2v) is 7.24. The van der Waals surface area contributed by atoms with Crippen LogP contribution in [-0.2, 0) is 9.59 Å². The number of carbonyl (C=O) groups is 2. The molecule has 0 bridgehead atoms. The predicted molar refractivity (Wildman–Crippen MR) is 107 cm³/mol. The first-order valence-corrected chi connectivity index (χ1v) is 9.63. The quantitative estimate of drug-likeness (QED) is 0.675. The second-order valence-electron chi connectivity index (χ2n) is 6.19. The van der Waals surface area contributed by atoms with E-state index in [1.807, 2.05) is 24.3 Å². The first-order valence-electron chi connectivity index (χ1n) is 8.64. The van der Waals surface area contributed by atoms with Gasteiger partial charge in [-0.1, -0.05) is 0 Å². The zero-order valence-corrected chi connectivity index (χ0v) is 16.1. The summed E-state index contributed by atoms with van der Waals surface area (Å²) in [5, 5.41) is 5.74. The molecule has 2 amide bonds. The fourth-order valence-corrected chi connectivity index (χ4v) is 3.17. The highest BCUT2D eigenvalue weighted by molar-refractivity contribution is 8.00. The number of benzene rings is 2. The van der Waals surface area contributed by atoms with Crippen LogP contribution in [0, 0.1) is 5.92 Å².